The minimum Gasteiger partial charge on any atom is -0.369 e. The molecule has 1 amide bonds. The van der Waals surface area contributed by atoms with Crippen LogP contribution in [0.15, 0.2) is 48.8 Å². The number of thiophene rings is 1. The van der Waals surface area contributed by atoms with Crippen molar-refractivity contribution in [1.82, 2.24) is 15.3 Å². The number of piperidine rings is 1. The van der Waals surface area contributed by atoms with Gasteiger partial charge in [0.15, 0.2) is 5.82 Å². The molecule has 1 aliphatic carbocycles. The fourth-order valence-corrected chi connectivity index (χ4v) is 7.94. The van der Waals surface area contributed by atoms with E-state index in [1.807, 2.05) is 18.5 Å². The van der Waals surface area contributed by atoms with Gasteiger partial charge in [-0.3, -0.25) is 4.79 Å². The van der Waals surface area contributed by atoms with Crippen molar-refractivity contribution in [1.29, 1.82) is 0 Å². The third-order valence-electron chi connectivity index (χ3n) is 9.50. The molecule has 1 unspecified atom stereocenters. The van der Waals surface area contributed by atoms with Crippen LogP contribution in [-0.2, 0) is 11.8 Å². The second kappa shape index (κ2) is 13.7. The van der Waals surface area contributed by atoms with Gasteiger partial charge in [-0.15, -0.1) is 11.3 Å². The zero-order valence-corrected chi connectivity index (χ0v) is 27.2. The van der Waals surface area contributed by atoms with Crippen molar-refractivity contribution in [3.63, 3.8) is 0 Å². The van der Waals surface area contributed by atoms with Gasteiger partial charge in [0.25, 0.3) is 5.91 Å². The zero-order valence-electron chi connectivity index (χ0n) is 26.4. The van der Waals surface area contributed by atoms with Crippen molar-refractivity contribution in [2.75, 3.05) is 18.0 Å². The Kier molecular flexibility index (Phi) is 10.0. The molecule has 2 aromatic heterocycles. The second-order valence-electron chi connectivity index (χ2n) is 13.8. The molecule has 5 nitrogen and oxygen atoms in total. The summed E-state index contributed by atoms with van der Waals surface area (Å²) in [6.07, 6.45) is 16.0. The van der Waals surface area contributed by atoms with Crippen LogP contribution in [0.3, 0.4) is 0 Å². The van der Waals surface area contributed by atoms with Gasteiger partial charge in [0.2, 0.25) is 0 Å². The number of carbonyl (C=O) groups excluding carboxylic acids is 1. The van der Waals surface area contributed by atoms with E-state index >= 15 is 0 Å². The molecule has 3 heterocycles. The van der Waals surface area contributed by atoms with Crippen LogP contribution in [0.4, 0.5) is 5.69 Å². The number of hydrogen-bond donors (Lipinski definition) is 1. The lowest BCUT2D eigenvalue weighted by Gasteiger charge is -2.39. The van der Waals surface area contributed by atoms with Crippen molar-refractivity contribution in [2.45, 2.75) is 104 Å². The highest BCUT2D eigenvalue weighted by atomic mass is 32.1. The normalized spacial score (nSPS) is 20.8. The minimum atomic E-state index is 0.00636. The van der Waals surface area contributed by atoms with Crippen molar-refractivity contribution in [3.05, 3.63) is 64.1 Å². The summed E-state index contributed by atoms with van der Waals surface area (Å²) in [5.74, 6) is 3.61. The highest BCUT2D eigenvalue weighted by molar-refractivity contribution is 7.14. The molecule has 0 bridgehead atoms. The Morgan fingerprint density at radius 2 is 1.60 bits per heavy atom. The minimum absolute atomic E-state index is 0.00636. The average molecular weight is 587 g/mol. The van der Waals surface area contributed by atoms with E-state index in [0.29, 0.717) is 0 Å². The largest absolute Gasteiger partial charge is 0.369 e. The highest BCUT2D eigenvalue weighted by Crippen LogP contribution is 2.39. The van der Waals surface area contributed by atoms with Gasteiger partial charge in [0, 0.05) is 29.6 Å². The van der Waals surface area contributed by atoms with Gasteiger partial charge in [0.1, 0.15) is 0 Å². The highest BCUT2D eigenvalue weighted by Gasteiger charge is 2.30. The van der Waals surface area contributed by atoms with E-state index in [9.17, 15) is 4.79 Å². The van der Waals surface area contributed by atoms with Gasteiger partial charge < -0.3 is 10.2 Å². The van der Waals surface area contributed by atoms with Crippen molar-refractivity contribution < 1.29 is 4.79 Å². The fraction of sp³-hybridized carbons (Fsp3) is 0.583. The summed E-state index contributed by atoms with van der Waals surface area (Å²) in [6.45, 7) is 13.2. The van der Waals surface area contributed by atoms with Crippen LogP contribution in [0, 0.1) is 17.8 Å². The van der Waals surface area contributed by atoms with Crippen LogP contribution < -0.4 is 10.2 Å². The average Bonchev–Trinajstić information content (AvgIpc) is 3.50. The smallest absolute Gasteiger partial charge is 0.261 e. The Labute approximate surface area is 257 Å². The third kappa shape index (κ3) is 7.80. The number of amides is 1. The van der Waals surface area contributed by atoms with E-state index < -0.39 is 0 Å². The standard InChI is InChI=1S/C36H50N4OS/c1-6-7-26-8-12-28(13-9-26)29-18-20-40(21-19-29)31-23-37-34(38-24-31)30-14-10-27(11-15-30)22-25(2)39-35(41)32-16-17-33(42-32)36(3,4)5/h10-11,14-17,23-26,28-29H,6-9,12-13,18-22H2,1-5H3,(H,39,41). The number of nitrogens with zero attached hydrogens (tertiary/aromatic N) is 3. The molecule has 5 rings (SSSR count). The maximum Gasteiger partial charge on any atom is 0.261 e. The van der Waals surface area contributed by atoms with E-state index in [4.69, 9.17) is 9.97 Å². The number of benzene rings is 1. The lowest BCUT2D eigenvalue weighted by atomic mass is 9.72. The number of hydrogen-bond acceptors (Lipinski definition) is 5. The quantitative estimate of drug-likeness (QED) is 0.272. The molecule has 1 saturated carbocycles. The van der Waals surface area contributed by atoms with E-state index in [0.717, 1.165) is 59.2 Å². The van der Waals surface area contributed by atoms with Crippen molar-refractivity contribution >= 4 is 22.9 Å². The Bertz CT molecular complexity index is 1280. The molecule has 2 aliphatic rings. The summed E-state index contributed by atoms with van der Waals surface area (Å²) >= 11 is 1.58. The van der Waals surface area contributed by atoms with Crippen LogP contribution in [0.25, 0.3) is 11.4 Å². The number of aromatic nitrogens is 2. The van der Waals surface area contributed by atoms with Crippen LogP contribution in [-0.4, -0.2) is 35.0 Å². The first-order valence-corrected chi connectivity index (χ1v) is 17.1. The number of nitrogens with one attached hydrogen (secondary N) is 1. The molecular formula is C36H50N4OS. The zero-order chi connectivity index (χ0) is 29.7. The molecule has 1 aromatic carbocycles. The Balaban J connectivity index is 1.09. The maximum atomic E-state index is 12.8. The molecule has 1 aliphatic heterocycles. The summed E-state index contributed by atoms with van der Waals surface area (Å²) in [5, 5.41) is 3.16. The molecule has 226 valence electrons. The molecular weight excluding hydrogens is 536 g/mol. The second-order valence-corrected chi connectivity index (χ2v) is 14.9. The molecule has 0 radical (unpaired) electrons. The van der Waals surface area contributed by atoms with Crippen molar-refractivity contribution in [3.8, 4) is 11.4 Å². The summed E-state index contributed by atoms with van der Waals surface area (Å²) < 4.78 is 0. The Morgan fingerprint density at radius 3 is 2.19 bits per heavy atom. The van der Waals surface area contributed by atoms with Gasteiger partial charge in [-0.05, 0) is 79.9 Å². The lowest BCUT2D eigenvalue weighted by Crippen LogP contribution is -2.37. The van der Waals surface area contributed by atoms with Gasteiger partial charge in [0.05, 0.1) is 23.0 Å². The fourth-order valence-electron chi connectivity index (χ4n) is 6.97. The SMILES string of the molecule is CCCC1CCC(C2CCN(c3cnc(-c4ccc(CC(C)NC(=O)c5ccc(C(C)(C)C)s5)cc4)nc3)CC2)CC1. The summed E-state index contributed by atoms with van der Waals surface area (Å²) in [4.78, 5) is 26.7. The van der Waals surface area contributed by atoms with E-state index in [1.165, 1.54) is 61.8 Å². The van der Waals surface area contributed by atoms with Crippen LogP contribution in [0.2, 0.25) is 0 Å². The molecule has 1 atom stereocenters. The Hall–Kier alpha value is -2.73. The van der Waals surface area contributed by atoms with Gasteiger partial charge in [-0.25, -0.2) is 9.97 Å². The first kappa shape index (κ1) is 30.7. The summed E-state index contributed by atoms with van der Waals surface area (Å²) in [6, 6.07) is 12.5. The van der Waals surface area contributed by atoms with E-state index in [2.05, 4.69) is 75.2 Å². The first-order chi connectivity index (χ1) is 20.2. The topological polar surface area (TPSA) is 58.1 Å². The van der Waals surface area contributed by atoms with Gasteiger partial charge in [-0.1, -0.05) is 77.6 Å². The van der Waals surface area contributed by atoms with E-state index in [-0.39, 0.29) is 17.4 Å². The first-order valence-electron chi connectivity index (χ1n) is 16.3. The number of rotatable bonds is 9. The van der Waals surface area contributed by atoms with E-state index in [1.54, 1.807) is 11.3 Å². The van der Waals surface area contributed by atoms with Crippen LogP contribution in [0.5, 0.6) is 0 Å². The predicted octanol–water partition coefficient (Wildman–Crippen LogP) is 8.69. The molecule has 3 aromatic rings. The molecule has 0 spiro atoms. The summed E-state index contributed by atoms with van der Waals surface area (Å²) in [5.41, 5.74) is 3.41. The lowest BCUT2D eigenvalue weighted by molar-refractivity contribution is 0.0944. The molecule has 1 saturated heterocycles. The monoisotopic (exact) mass is 586 g/mol. The molecule has 6 heteroatoms. The van der Waals surface area contributed by atoms with Crippen molar-refractivity contribution in [2.24, 2.45) is 17.8 Å². The number of anilines is 1. The van der Waals surface area contributed by atoms with Crippen LogP contribution in [0.1, 0.15) is 106 Å². The third-order valence-corrected chi connectivity index (χ3v) is 11.0. The number of carbonyl (C=O) groups is 1. The molecule has 2 fully saturated rings. The summed E-state index contributed by atoms with van der Waals surface area (Å²) in [7, 11) is 0. The molecule has 1 N–H and O–H groups in total. The Morgan fingerprint density at radius 1 is 0.952 bits per heavy atom. The van der Waals surface area contributed by atoms with Gasteiger partial charge >= 0.3 is 0 Å². The molecule has 42 heavy (non-hydrogen) atoms. The maximum absolute atomic E-state index is 12.8. The van der Waals surface area contributed by atoms with Crippen LogP contribution >= 0.6 is 11.3 Å². The predicted molar refractivity (Wildman–Crippen MR) is 176 cm³/mol. The van der Waals surface area contributed by atoms with Gasteiger partial charge in [-0.2, -0.15) is 0 Å².